The molecule has 0 unspecified atom stereocenters. The fourth-order valence-corrected chi connectivity index (χ4v) is 2.43. The van der Waals surface area contributed by atoms with Crippen LogP contribution in [0.15, 0.2) is 4.99 Å². The highest BCUT2D eigenvalue weighted by molar-refractivity contribution is 5.80. The van der Waals surface area contributed by atoms with Crippen molar-refractivity contribution in [1.82, 2.24) is 10.6 Å². The molecule has 0 atom stereocenters. The van der Waals surface area contributed by atoms with Crippen LogP contribution in [0.3, 0.4) is 0 Å². The number of guanidine groups is 1. The van der Waals surface area contributed by atoms with Gasteiger partial charge in [-0.3, -0.25) is 4.99 Å². The van der Waals surface area contributed by atoms with Crippen molar-refractivity contribution in [3.63, 3.8) is 0 Å². The summed E-state index contributed by atoms with van der Waals surface area (Å²) in [5, 5.41) is 6.76. The number of rotatable bonds is 4. The molecule has 1 aliphatic carbocycles. The van der Waals surface area contributed by atoms with Gasteiger partial charge in [0.2, 0.25) is 0 Å². The minimum absolute atomic E-state index is 0.0767. The Morgan fingerprint density at radius 3 is 2.41 bits per heavy atom. The molecule has 1 rings (SSSR count). The van der Waals surface area contributed by atoms with Crippen LogP contribution >= 0.6 is 0 Å². The predicted octanol–water partition coefficient (Wildman–Crippen LogP) is 2.92. The first kappa shape index (κ1) is 14.3. The molecular formula is C14H29N3. The first-order valence-corrected chi connectivity index (χ1v) is 7.00. The molecule has 1 aliphatic rings. The van der Waals surface area contributed by atoms with Crippen molar-refractivity contribution in [2.75, 3.05) is 13.6 Å². The molecule has 0 aromatic rings. The largest absolute Gasteiger partial charge is 0.356 e. The van der Waals surface area contributed by atoms with Gasteiger partial charge < -0.3 is 10.6 Å². The highest BCUT2D eigenvalue weighted by atomic mass is 15.2. The van der Waals surface area contributed by atoms with Crippen LogP contribution in [0.5, 0.6) is 0 Å². The van der Waals surface area contributed by atoms with Crippen LogP contribution in [-0.2, 0) is 0 Å². The van der Waals surface area contributed by atoms with Crippen molar-refractivity contribution in [2.24, 2.45) is 10.9 Å². The number of aliphatic imine (C=N–C) groups is 1. The third-order valence-corrected chi connectivity index (χ3v) is 3.27. The summed E-state index contributed by atoms with van der Waals surface area (Å²) in [7, 11) is 1.83. The van der Waals surface area contributed by atoms with E-state index in [-0.39, 0.29) is 5.54 Å². The molecule has 0 bridgehead atoms. The van der Waals surface area contributed by atoms with E-state index >= 15 is 0 Å². The number of hydrogen-bond acceptors (Lipinski definition) is 1. The molecule has 0 saturated heterocycles. The molecule has 0 amide bonds. The van der Waals surface area contributed by atoms with Gasteiger partial charge in [-0.2, -0.15) is 0 Å². The second kappa shape index (κ2) is 6.87. The Morgan fingerprint density at radius 1 is 1.24 bits per heavy atom. The molecule has 1 saturated carbocycles. The van der Waals surface area contributed by atoms with Crippen LogP contribution in [0, 0.1) is 5.92 Å². The summed E-state index contributed by atoms with van der Waals surface area (Å²) in [5.41, 5.74) is 0.0767. The Morgan fingerprint density at radius 2 is 1.88 bits per heavy atom. The van der Waals surface area contributed by atoms with Gasteiger partial charge in [-0.1, -0.05) is 25.7 Å². The molecule has 3 nitrogen and oxygen atoms in total. The fraction of sp³-hybridized carbons (Fsp3) is 0.929. The van der Waals surface area contributed by atoms with Gasteiger partial charge in [0, 0.05) is 19.1 Å². The van der Waals surface area contributed by atoms with Crippen LogP contribution in [0.2, 0.25) is 0 Å². The van der Waals surface area contributed by atoms with Crippen molar-refractivity contribution in [1.29, 1.82) is 0 Å². The van der Waals surface area contributed by atoms with E-state index in [1.165, 1.54) is 38.5 Å². The summed E-state index contributed by atoms with van der Waals surface area (Å²) in [6, 6.07) is 0. The molecule has 2 N–H and O–H groups in total. The lowest BCUT2D eigenvalue weighted by molar-refractivity contribution is 0.474. The second-order valence-corrected chi connectivity index (χ2v) is 6.17. The summed E-state index contributed by atoms with van der Waals surface area (Å²) in [5.74, 6) is 1.92. The van der Waals surface area contributed by atoms with Crippen molar-refractivity contribution < 1.29 is 0 Å². The van der Waals surface area contributed by atoms with Crippen LogP contribution in [0.4, 0.5) is 0 Å². The molecule has 0 aliphatic heterocycles. The molecule has 1 fully saturated rings. The first-order valence-electron chi connectivity index (χ1n) is 7.00. The zero-order valence-corrected chi connectivity index (χ0v) is 12.0. The molecule has 0 aromatic carbocycles. The van der Waals surface area contributed by atoms with E-state index in [9.17, 15) is 0 Å². The number of nitrogens with zero attached hydrogens (tertiary/aromatic N) is 1. The van der Waals surface area contributed by atoms with E-state index in [4.69, 9.17) is 0 Å². The van der Waals surface area contributed by atoms with Crippen molar-refractivity contribution in [3.05, 3.63) is 0 Å². The van der Waals surface area contributed by atoms with Gasteiger partial charge in [-0.15, -0.1) is 0 Å². The lowest BCUT2D eigenvalue weighted by Gasteiger charge is -2.23. The Bertz CT molecular complexity index is 234. The summed E-state index contributed by atoms with van der Waals surface area (Å²) in [6.07, 6.45) is 8.44. The van der Waals surface area contributed by atoms with Crippen molar-refractivity contribution >= 4 is 5.96 Å². The summed E-state index contributed by atoms with van der Waals surface area (Å²) in [4.78, 5) is 4.24. The van der Waals surface area contributed by atoms with Crippen molar-refractivity contribution in [2.45, 2.75) is 64.8 Å². The highest BCUT2D eigenvalue weighted by Crippen LogP contribution is 2.28. The molecular weight excluding hydrogens is 210 g/mol. The maximum atomic E-state index is 4.24. The van der Waals surface area contributed by atoms with Gasteiger partial charge in [-0.05, 0) is 39.5 Å². The molecule has 0 heterocycles. The van der Waals surface area contributed by atoms with Crippen LogP contribution in [0.25, 0.3) is 0 Å². The van der Waals surface area contributed by atoms with Gasteiger partial charge in [0.25, 0.3) is 0 Å². The molecule has 0 aromatic heterocycles. The quantitative estimate of drug-likeness (QED) is 0.449. The minimum Gasteiger partial charge on any atom is -0.356 e. The molecule has 100 valence electrons. The van der Waals surface area contributed by atoms with E-state index in [1.54, 1.807) is 0 Å². The molecule has 3 heteroatoms. The van der Waals surface area contributed by atoms with Gasteiger partial charge in [0.05, 0.1) is 0 Å². The number of hydrogen-bond donors (Lipinski definition) is 2. The Balaban J connectivity index is 2.11. The molecule has 0 radical (unpaired) electrons. The summed E-state index contributed by atoms with van der Waals surface area (Å²) >= 11 is 0. The van der Waals surface area contributed by atoms with Gasteiger partial charge >= 0.3 is 0 Å². The molecule has 0 spiro atoms. The monoisotopic (exact) mass is 239 g/mol. The number of nitrogens with one attached hydrogen (secondary N) is 2. The fourth-order valence-electron chi connectivity index (χ4n) is 2.43. The summed E-state index contributed by atoms with van der Waals surface area (Å²) in [6.45, 7) is 7.49. The highest BCUT2D eigenvalue weighted by Gasteiger charge is 2.14. The zero-order chi connectivity index (χ0) is 12.7. The van der Waals surface area contributed by atoms with Gasteiger partial charge in [0.1, 0.15) is 0 Å². The molecule has 17 heavy (non-hydrogen) atoms. The third-order valence-electron chi connectivity index (χ3n) is 3.27. The SMILES string of the molecule is CN=C(NCCCC1CCCC1)NC(C)(C)C. The second-order valence-electron chi connectivity index (χ2n) is 6.17. The Labute approximate surface area is 106 Å². The standard InChI is InChI=1S/C14H29N3/c1-14(2,3)17-13(15-4)16-11-7-10-12-8-5-6-9-12/h12H,5-11H2,1-4H3,(H2,15,16,17). The van der Waals surface area contributed by atoms with E-state index in [1.807, 2.05) is 7.05 Å². The van der Waals surface area contributed by atoms with Gasteiger partial charge in [0.15, 0.2) is 5.96 Å². The normalized spacial score (nSPS) is 18.5. The van der Waals surface area contributed by atoms with Gasteiger partial charge in [-0.25, -0.2) is 0 Å². The Hall–Kier alpha value is -0.730. The zero-order valence-electron chi connectivity index (χ0n) is 12.0. The predicted molar refractivity (Wildman–Crippen MR) is 75.4 cm³/mol. The minimum atomic E-state index is 0.0767. The van der Waals surface area contributed by atoms with E-state index in [2.05, 4.69) is 36.4 Å². The lowest BCUT2D eigenvalue weighted by atomic mass is 10.0. The maximum Gasteiger partial charge on any atom is 0.191 e. The lowest BCUT2D eigenvalue weighted by Crippen LogP contribution is -2.47. The van der Waals surface area contributed by atoms with E-state index < -0.39 is 0 Å². The van der Waals surface area contributed by atoms with Crippen LogP contribution < -0.4 is 10.6 Å². The topological polar surface area (TPSA) is 36.4 Å². The Kier molecular flexibility index (Phi) is 5.79. The van der Waals surface area contributed by atoms with E-state index in [0.717, 1.165) is 18.4 Å². The summed E-state index contributed by atoms with van der Waals surface area (Å²) < 4.78 is 0. The van der Waals surface area contributed by atoms with Crippen molar-refractivity contribution in [3.8, 4) is 0 Å². The first-order chi connectivity index (χ1) is 8.01. The average molecular weight is 239 g/mol. The smallest absolute Gasteiger partial charge is 0.191 e. The van der Waals surface area contributed by atoms with Crippen LogP contribution in [-0.4, -0.2) is 25.1 Å². The third kappa shape index (κ3) is 6.54. The maximum absolute atomic E-state index is 4.24. The average Bonchev–Trinajstić information content (AvgIpc) is 2.73. The van der Waals surface area contributed by atoms with E-state index in [0.29, 0.717) is 0 Å². The van der Waals surface area contributed by atoms with Crippen LogP contribution in [0.1, 0.15) is 59.3 Å².